The number of rotatable bonds is 4. The van der Waals surface area contributed by atoms with E-state index in [1.807, 2.05) is 19.1 Å². The van der Waals surface area contributed by atoms with Crippen molar-refractivity contribution in [2.75, 3.05) is 36.4 Å². The third-order valence-corrected chi connectivity index (χ3v) is 5.92. The molecule has 1 N–H and O–H groups in total. The maximum absolute atomic E-state index is 13.0. The van der Waals surface area contributed by atoms with E-state index >= 15 is 0 Å². The van der Waals surface area contributed by atoms with Gasteiger partial charge in [0.2, 0.25) is 11.9 Å². The van der Waals surface area contributed by atoms with E-state index in [1.165, 1.54) is 6.20 Å². The lowest BCUT2D eigenvalue weighted by molar-refractivity contribution is -0.121. The van der Waals surface area contributed by atoms with Crippen molar-refractivity contribution in [3.05, 3.63) is 40.8 Å². The molecule has 4 heterocycles. The van der Waals surface area contributed by atoms with E-state index in [-0.39, 0.29) is 28.4 Å². The van der Waals surface area contributed by atoms with Crippen LogP contribution in [0.1, 0.15) is 41.7 Å². The quantitative estimate of drug-likeness (QED) is 0.805. The van der Waals surface area contributed by atoms with Gasteiger partial charge in [-0.05, 0) is 50.3 Å². The monoisotopic (exact) mass is 428 g/mol. The van der Waals surface area contributed by atoms with Crippen LogP contribution in [-0.2, 0) is 4.79 Å². The number of likely N-dealkylation sites (tertiary alicyclic amines) is 1. The minimum absolute atomic E-state index is 0.0587. The zero-order chi connectivity index (χ0) is 21.1. The molecule has 2 amide bonds. The first kappa shape index (κ1) is 20.5. The number of aromatic nitrogens is 3. The lowest BCUT2D eigenvalue weighted by atomic mass is 9.95. The van der Waals surface area contributed by atoms with Gasteiger partial charge in [-0.3, -0.25) is 9.59 Å². The number of nitrogens with zero attached hydrogens (tertiary/aromatic N) is 5. The summed E-state index contributed by atoms with van der Waals surface area (Å²) in [5.41, 5.74) is 1.27. The molecule has 8 nitrogen and oxygen atoms in total. The van der Waals surface area contributed by atoms with E-state index in [4.69, 9.17) is 11.6 Å². The highest BCUT2D eigenvalue weighted by Crippen LogP contribution is 2.24. The Morgan fingerprint density at radius 3 is 2.57 bits per heavy atom. The van der Waals surface area contributed by atoms with Crippen molar-refractivity contribution < 1.29 is 9.59 Å². The molecule has 0 bridgehead atoms. The molecule has 2 fully saturated rings. The van der Waals surface area contributed by atoms with Gasteiger partial charge in [0, 0.05) is 38.3 Å². The zero-order valence-corrected chi connectivity index (χ0v) is 17.7. The number of carbonyl (C=O) groups is 2. The van der Waals surface area contributed by atoms with Crippen LogP contribution in [0.3, 0.4) is 0 Å². The second-order valence-corrected chi connectivity index (χ2v) is 8.24. The molecule has 0 unspecified atom stereocenters. The smallest absolute Gasteiger partial charge is 0.274 e. The van der Waals surface area contributed by atoms with Crippen molar-refractivity contribution >= 4 is 35.2 Å². The van der Waals surface area contributed by atoms with Crippen molar-refractivity contribution in [2.24, 2.45) is 5.92 Å². The lowest BCUT2D eigenvalue weighted by Gasteiger charge is -2.31. The van der Waals surface area contributed by atoms with E-state index in [0.29, 0.717) is 37.7 Å². The summed E-state index contributed by atoms with van der Waals surface area (Å²) in [4.78, 5) is 42.3. The summed E-state index contributed by atoms with van der Waals surface area (Å²) in [6, 6.07) is 3.72. The first-order valence-electron chi connectivity index (χ1n) is 10.3. The van der Waals surface area contributed by atoms with Crippen LogP contribution in [0.15, 0.2) is 24.5 Å². The average Bonchev–Trinajstić information content (AvgIpc) is 3.29. The highest BCUT2D eigenvalue weighted by molar-refractivity contribution is 6.33. The van der Waals surface area contributed by atoms with E-state index in [2.05, 4.69) is 25.2 Å². The number of amides is 2. The molecule has 0 spiro atoms. The summed E-state index contributed by atoms with van der Waals surface area (Å²) in [7, 11) is 0. The van der Waals surface area contributed by atoms with Gasteiger partial charge in [0.05, 0.1) is 11.2 Å². The fourth-order valence-electron chi connectivity index (χ4n) is 3.90. The van der Waals surface area contributed by atoms with E-state index in [0.717, 1.165) is 31.5 Å². The third kappa shape index (κ3) is 4.53. The van der Waals surface area contributed by atoms with Gasteiger partial charge >= 0.3 is 0 Å². The summed E-state index contributed by atoms with van der Waals surface area (Å²) in [5.74, 6) is 0.692. The predicted octanol–water partition coefficient (Wildman–Crippen LogP) is 2.92. The van der Waals surface area contributed by atoms with Crippen molar-refractivity contribution in [2.45, 2.75) is 32.6 Å². The predicted molar refractivity (Wildman–Crippen MR) is 115 cm³/mol. The van der Waals surface area contributed by atoms with Gasteiger partial charge in [-0.25, -0.2) is 15.0 Å². The van der Waals surface area contributed by atoms with Crippen molar-refractivity contribution in [3.8, 4) is 0 Å². The topological polar surface area (TPSA) is 91.3 Å². The Kier molecular flexibility index (Phi) is 6.13. The van der Waals surface area contributed by atoms with Gasteiger partial charge in [-0.15, -0.1) is 0 Å². The zero-order valence-electron chi connectivity index (χ0n) is 17.0. The van der Waals surface area contributed by atoms with Gasteiger partial charge in [0.25, 0.3) is 5.91 Å². The molecule has 2 aromatic rings. The molecule has 2 aromatic heterocycles. The summed E-state index contributed by atoms with van der Waals surface area (Å²) in [6.07, 6.45) is 6.56. The molecule has 0 radical (unpaired) electrons. The molecule has 4 rings (SSSR count). The Morgan fingerprint density at radius 1 is 1.13 bits per heavy atom. The minimum Gasteiger partial charge on any atom is -0.341 e. The summed E-state index contributed by atoms with van der Waals surface area (Å²) in [5, 5.41) is 3.13. The molecule has 0 saturated carbocycles. The molecular weight excluding hydrogens is 404 g/mol. The Morgan fingerprint density at radius 2 is 1.87 bits per heavy atom. The van der Waals surface area contributed by atoms with Gasteiger partial charge < -0.3 is 15.1 Å². The highest BCUT2D eigenvalue weighted by Gasteiger charge is 2.30. The van der Waals surface area contributed by atoms with Crippen molar-refractivity contribution in [1.82, 2.24) is 19.9 Å². The van der Waals surface area contributed by atoms with Crippen LogP contribution in [0.25, 0.3) is 0 Å². The van der Waals surface area contributed by atoms with E-state index in [1.54, 1.807) is 11.1 Å². The highest BCUT2D eigenvalue weighted by atomic mass is 35.5. The SMILES string of the molecule is Cc1ccnc(NC(=O)C2CCN(C(=O)c3nc(N4CCCC4)ncc3Cl)CC2)c1. The molecule has 2 saturated heterocycles. The van der Waals surface area contributed by atoms with Crippen LogP contribution in [0.4, 0.5) is 11.8 Å². The minimum atomic E-state index is -0.206. The Hall–Kier alpha value is -2.74. The number of anilines is 2. The van der Waals surface area contributed by atoms with E-state index < -0.39 is 0 Å². The van der Waals surface area contributed by atoms with E-state index in [9.17, 15) is 9.59 Å². The molecule has 2 aliphatic rings. The third-order valence-electron chi connectivity index (χ3n) is 5.64. The Balaban J connectivity index is 1.37. The maximum atomic E-state index is 13.0. The first-order chi connectivity index (χ1) is 14.5. The molecule has 9 heteroatoms. The second-order valence-electron chi connectivity index (χ2n) is 7.83. The van der Waals surface area contributed by atoms with Crippen LogP contribution in [0.5, 0.6) is 0 Å². The largest absolute Gasteiger partial charge is 0.341 e. The van der Waals surface area contributed by atoms with Crippen LogP contribution in [-0.4, -0.2) is 57.8 Å². The Labute approximate surface area is 180 Å². The number of piperidine rings is 1. The number of hydrogen-bond donors (Lipinski definition) is 1. The second kappa shape index (κ2) is 8.95. The lowest BCUT2D eigenvalue weighted by Crippen LogP contribution is -2.42. The number of carbonyl (C=O) groups excluding carboxylic acids is 2. The van der Waals surface area contributed by atoms with Crippen LogP contribution >= 0.6 is 11.6 Å². The fraction of sp³-hybridized carbons (Fsp3) is 0.476. The van der Waals surface area contributed by atoms with Crippen LogP contribution < -0.4 is 10.2 Å². The number of aryl methyl sites for hydroxylation is 1. The molecule has 30 heavy (non-hydrogen) atoms. The van der Waals surface area contributed by atoms with Crippen LogP contribution in [0.2, 0.25) is 5.02 Å². The maximum Gasteiger partial charge on any atom is 0.274 e. The van der Waals surface area contributed by atoms with Gasteiger partial charge in [-0.2, -0.15) is 0 Å². The molecular formula is C21H25ClN6O2. The van der Waals surface area contributed by atoms with Crippen molar-refractivity contribution in [1.29, 1.82) is 0 Å². The van der Waals surface area contributed by atoms with Gasteiger partial charge in [0.1, 0.15) is 5.82 Å². The molecule has 0 aromatic carbocycles. The number of pyridine rings is 1. The normalized spacial score (nSPS) is 17.3. The van der Waals surface area contributed by atoms with Crippen molar-refractivity contribution in [3.63, 3.8) is 0 Å². The molecule has 0 aliphatic carbocycles. The molecule has 2 aliphatic heterocycles. The van der Waals surface area contributed by atoms with Gasteiger partial charge in [0.15, 0.2) is 5.69 Å². The van der Waals surface area contributed by atoms with Crippen LogP contribution in [0, 0.1) is 12.8 Å². The van der Waals surface area contributed by atoms with Gasteiger partial charge in [-0.1, -0.05) is 11.6 Å². The number of hydrogen-bond acceptors (Lipinski definition) is 6. The Bertz CT molecular complexity index is 939. The number of nitrogens with one attached hydrogen (secondary N) is 1. The molecule has 158 valence electrons. The summed E-state index contributed by atoms with van der Waals surface area (Å²) >= 11 is 6.24. The standard InChI is InChI=1S/C21H25ClN6O2/c1-14-4-7-23-17(12-14)25-19(29)15-5-10-27(11-6-15)20(30)18-16(22)13-24-21(26-18)28-8-2-3-9-28/h4,7,12-13,15H,2-3,5-6,8-11H2,1H3,(H,23,25,29). The first-order valence-corrected chi connectivity index (χ1v) is 10.7. The fourth-order valence-corrected chi connectivity index (χ4v) is 4.08. The summed E-state index contributed by atoms with van der Waals surface area (Å²) < 4.78 is 0. The summed E-state index contributed by atoms with van der Waals surface area (Å²) in [6.45, 7) is 4.71. The molecule has 0 atom stereocenters. The number of halogens is 1. The average molecular weight is 429 g/mol.